The fourth-order valence-corrected chi connectivity index (χ4v) is 4.27. The van der Waals surface area contributed by atoms with Crippen LogP contribution in [0.15, 0.2) is 29.1 Å². The molecule has 4 heterocycles. The van der Waals surface area contributed by atoms with Crippen molar-refractivity contribution in [2.45, 2.75) is 32.4 Å². The summed E-state index contributed by atoms with van der Waals surface area (Å²) >= 11 is 0. The number of aromatic nitrogens is 2. The Kier molecular flexibility index (Phi) is 4.07. The maximum Gasteiger partial charge on any atom is 0.261 e. The second-order valence-corrected chi connectivity index (χ2v) is 7.28. The molecule has 3 aliphatic rings. The topological polar surface area (TPSA) is 58.4 Å². The van der Waals surface area contributed by atoms with Crippen LogP contribution in [0.4, 0.5) is 0 Å². The molecule has 1 aromatic carbocycles. The van der Waals surface area contributed by atoms with Gasteiger partial charge < -0.3 is 9.80 Å². The van der Waals surface area contributed by atoms with Gasteiger partial charge in [-0.1, -0.05) is 12.1 Å². The van der Waals surface area contributed by atoms with Gasteiger partial charge in [-0.2, -0.15) is 0 Å². The summed E-state index contributed by atoms with van der Waals surface area (Å²) in [7, 11) is 1.88. The Labute approximate surface area is 147 Å². The molecule has 5 rings (SSSR count). The zero-order valence-corrected chi connectivity index (χ0v) is 14.8. The van der Waals surface area contributed by atoms with Gasteiger partial charge in [0.05, 0.1) is 10.9 Å². The molecule has 132 valence electrons. The zero-order valence-electron chi connectivity index (χ0n) is 14.8. The maximum absolute atomic E-state index is 12.8. The van der Waals surface area contributed by atoms with E-state index in [4.69, 9.17) is 0 Å². The molecule has 2 bridgehead atoms. The van der Waals surface area contributed by atoms with Gasteiger partial charge in [-0.05, 0) is 50.9 Å². The highest BCUT2D eigenvalue weighted by Gasteiger charge is 2.37. The number of piperidine rings is 3. The monoisotopic (exact) mass is 340 g/mol. The molecule has 2 aromatic rings. The number of para-hydroxylation sites is 1. The van der Waals surface area contributed by atoms with Crippen molar-refractivity contribution < 1.29 is 4.79 Å². The summed E-state index contributed by atoms with van der Waals surface area (Å²) in [4.78, 5) is 34.4. The molecular formula is C19H24N4O2. The molecule has 0 aliphatic carbocycles. The fourth-order valence-electron chi connectivity index (χ4n) is 4.27. The molecular weight excluding hydrogens is 316 g/mol. The average molecular weight is 340 g/mol. The van der Waals surface area contributed by atoms with E-state index in [0.29, 0.717) is 22.6 Å². The maximum atomic E-state index is 12.8. The average Bonchev–Trinajstić information content (AvgIpc) is 2.65. The first-order chi connectivity index (χ1) is 12.0. The van der Waals surface area contributed by atoms with E-state index in [0.717, 1.165) is 19.6 Å². The number of hydrogen-bond donors (Lipinski definition) is 0. The fraction of sp³-hybridized carbons (Fsp3) is 0.526. The van der Waals surface area contributed by atoms with Crippen molar-refractivity contribution in [1.82, 2.24) is 19.4 Å². The molecule has 25 heavy (non-hydrogen) atoms. The van der Waals surface area contributed by atoms with Crippen molar-refractivity contribution in [3.63, 3.8) is 0 Å². The van der Waals surface area contributed by atoms with Crippen LogP contribution in [0.1, 0.15) is 18.7 Å². The van der Waals surface area contributed by atoms with E-state index in [2.05, 4.69) is 9.88 Å². The van der Waals surface area contributed by atoms with Crippen molar-refractivity contribution in [2.24, 2.45) is 5.92 Å². The Morgan fingerprint density at radius 1 is 1.28 bits per heavy atom. The lowest BCUT2D eigenvalue weighted by Gasteiger charge is -2.48. The van der Waals surface area contributed by atoms with E-state index in [1.165, 1.54) is 17.4 Å². The van der Waals surface area contributed by atoms with Crippen LogP contribution in [0.3, 0.4) is 0 Å². The second-order valence-electron chi connectivity index (χ2n) is 7.28. The van der Waals surface area contributed by atoms with Crippen LogP contribution in [-0.2, 0) is 11.3 Å². The molecule has 0 unspecified atom stereocenters. The van der Waals surface area contributed by atoms with Crippen LogP contribution >= 0.6 is 0 Å². The molecule has 1 atom stereocenters. The van der Waals surface area contributed by atoms with Crippen molar-refractivity contribution >= 4 is 16.8 Å². The Hall–Kier alpha value is -2.21. The summed E-state index contributed by atoms with van der Waals surface area (Å²) in [5.41, 5.74) is 0.540. The number of aryl methyl sites for hydroxylation is 1. The summed E-state index contributed by atoms with van der Waals surface area (Å²) in [5, 5.41) is 0.561. The molecule has 0 radical (unpaired) electrons. The van der Waals surface area contributed by atoms with Gasteiger partial charge in [-0.3, -0.25) is 14.2 Å². The van der Waals surface area contributed by atoms with Crippen LogP contribution < -0.4 is 5.56 Å². The highest BCUT2D eigenvalue weighted by Crippen LogP contribution is 2.30. The van der Waals surface area contributed by atoms with Crippen molar-refractivity contribution in [2.75, 3.05) is 26.7 Å². The van der Waals surface area contributed by atoms with Crippen LogP contribution in [0, 0.1) is 12.8 Å². The van der Waals surface area contributed by atoms with Crippen molar-refractivity contribution in [3.05, 3.63) is 40.4 Å². The van der Waals surface area contributed by atoms with E-state index in [-0.39, 0.29) is 24.1 Å². The Morgan fingerprint density at radius 2 is 2.00 bits per heavy atom. The highest BCUT2D eigenvalue weighted by molar-refractivity contribution is 5.79. The number of carbonyl (C=O) groups excluding carboxylic acids is 1. The number of fused-ring (bicyclic) bond motifs is 4. The first kappa shape index (κ1) is 16.3. The van der Waals surface area contributed by atoms with E-state index >= 15 is 0 Å². The minimum absolute atomic E-state index is 0.0129. The first-order valence-corrected chi connectivity index (χ1v) is 8.99. The smallest absolute Gasteiger partial charge is 0.261 e. The number of benzene rings is 1. The van der Waals surface area contributed by atoms with E-state index in [1.807, 2.05) is 30.1 Å². The number of hydrogen-bond acceptors (Lipinski definition) is 4. The van der Waals surface area contributed by atoms with Gasteiger partial charge in [0.1, 0.15) is 12.4 Å². The van der Waals surface area contributed by atoms with E-state index in [1.54, 1.807) is 13.0 Å². The number of amides is 1. The van der Waals surface area contributed by atoms with Crippen LogP contribution in [-0.4, -0.2) is 58.0 Å². The summed E-state index contributed by atoms with van der Waals surface area (Å²) in [6, 6.07) is 7.55. The molecule has 6 heteroatoms. The van der Waals surface area contributed by atoms with Crippen LogP contribution in [0.2, 0.25) is 0 Å². The standard InChI is InChI=1S/C19H24N4O2/c1-13-20-16-6-4-3-5-15(16)19(25)23(13)12-18(24)21(2)17-11-22-9-7-14(17)8-10-22/h3-6,14,17H,7-12H2,1-2H3/t17-/m1/s1. The van der Waals surface area contributed by atoms with Crippen molar-refractivity contribution in [1.29, 1.82) is 0 Å². The number of nitrogens with zero attached hydrogens (tertiary/aromatic N) is 4. The molecule has 1 aromatic heterocycles. The lowest BCUT2D eigenvalue weighted by Crippen LogP contribution is -2.58. The summed E-state index contributed by atoms with van der Waals surface area (Å²) < 4.78 is 1.50. The molecule has 0 spiro atoms. The van der Waals surface area contributed by atoms with Gasteiger partial charge in [0, 0.05) is 19.6 Å². The minimum atomic E-state index is -0.140. The predicted molar refractivity (Wildman–Crippen MR) is 96.5 cm³/mol. The number of likely N-dealkylation sites (N-methyl/N-ethyl adjacent to an activating group) is 1. The second kappa shape index (κ2) is 6.26. The summed E-state index contributed by atoms with van der Waals surface area (Å²) in [5.74, 6) is 1.16. The minimum Gasteiger partial charge on any atom is -0.340 e. The quantitative estimate of drug-likeness (QED) is 0.844. The molecule has 1 amide bonds. The third-order valence-electron chi connectivity index (χ3n) is 5.86. The molecule has 3 saturated heterocycles. The van der Waals surface area contributed by atoms with Crippen LogP contribution in [0.25, 0.3) is 10.9 Å². The Morgan fingerprint density at radius 3 is 2.68 bits per heavy atom. The number of rotatable bonds is 3. The lowest BCUT2D eigenvalue weighted by molar-refractivity contribution is -0.136. The highest BCUT2D eigenvalue weighted by atomic mass is 16.2. The molecule has 0 saturated carbocycles. The third kappa shape index (κ3) is 2.84. The SMILES string of the molecule is Cc1nc2ccccc2c(=O)n1CC(=O)N(C)[C@@H]1CN2CCC1CC2. The molecule has 0 N–H and O–H groups in total. The third-order valence-corrected chi connectivity index (χ3v) is 5.86. The van der Waals surface area contributed by atoms with Gasteiger partial charge in [0.15, 0.2) is 0 Å². The van der Waals surface area contributed by atoms with Gasteiger partial charge >= 0.3 is 0 Å². The van der Waals surface area contributed by atoms with Crippen LogP contribution in [0.5, 0.6) is 0 Å². The number of carbonyl (C=O) groups is 1. The van der Waals surface area contributed by atoms with Crippen molar-refractivity contribution in [3.8, 4) is 0 Å². The lowest BCUT2D eigenvalue weighted by atomic mass is 9.83. The molecule has 3 fully saturated rings. The normalized spacial score (nSPS) is 25.3. The van der Waals surface area contributed by atoms with Gasteiger partial charge in [0.25, 0.3) is 5.56 Å². The van der Waals surface area contributed by atoms with Gasteiger partial charge in [-0.25, -0.2) is 4.98 Å². The molecule has 3 aliphatic heterocycles. The first-order valence-electron chi connectivity index (χ1n) is 8.99. The van der Waals surface area contributed by atoms with E-state index in [9.17, 15) is 9.59 Å². The predicted octanol–water partition coefficient (Wildman–Crippen LogP) is 1.26. The van der Waals surface area contributed by atoms with Gasteiger partial charge in [-0.15, -0.1) is 0 Å². The summed E-state index contributed by atoms with van der Waals surface area (Å²) in [6.45, 7) is 5.10. The Bertz CT molecular complexity index is 867. The zero-order chi connectivity index (χ0) is 17.6. The van der Waals surface area contributed by atoms with E-state index < -0.39 is 0 Å². The Balaban J connectivity index is 1.58. The molecule has 6 nitrogen and oxygen atoms in total. The van der Waals surface area contributed by atoms with Gasteiger partial charge in [0.2, 0.25) is 5.91 Å². The largest absolute Gasteiger partial charge is 0.340 e. The summed E-state index contributed by atoms with van der Waals surface area (Å²) in [6.07, 6.45) is 2.33.